The predicted octanol–water partition coefficient (Wildman–Crippen LogP) is 5.91. The fourth-order valence-electron chi connectivity index (χ4n) is 4.12. The molecule has 4 rings (SSSR count). The number of rotatable bonds is 7. The summed E-state index contributed by atoms with van der Waals surface area (Å²) in [6.45, 7) is 0. The number of hydrogen-bond acceptors (Lipinski definition) is 5. The maximum absolute atomic E-state index is 13.4. The second kappa shape index (κ2) is 10.2. The van der Waals surface area contributed by atoms with Gasteiger partial charge in [0, 0.05) is 5.69 Å². The fraction of sp³-hybridized carbons (Fsp3) is 0.143. The van der Waals surface area contributed by atoms with E-state index in [1.165, 1.54) is 38.5 Å². The molecule has 0 saturated carbocycles. The quantitative estimate of drug-likeness (QED) is 0.401. The van der Waals surface area contributed by atoms with E-state index in [0.29, 0.717) is 16.9 Å². The molecule has 0 radical (unpaired) electrons. The molecular weight excluding hydrogens is 487 g/mol. The van der Waals surface area contributed by atoms with Crippen molar-refractivity contribution in [3.8, 4) is 11.5 Å². The average Bonchev–Trinajstić information content (AvgIpc) is 3.17. The lowest BCUT2D eigenvalue weighted by Gasteiger charge is -2.27. The first kappa shape index (κ1) is 25.6. The van der Waals surface area contributed by atoms with E-state index in [-0.39, 0.29) is 17.0 Å². The largest absolute Gasteiger partial charge is 0.503 e. The molecule has 1 heterocycles. The van der Waals surface area contributed by atoms with Crippen molar-refractivity contribution in [1.29, 1.82) is 0 Å². The van der Waals surface area contributed by atoms with Gasteiger partial charge in [0.25, 0.3) is 5.91 Å². The van der Waals surface area contributed by atoms with Crippen molar-refractivity contribution in [1.82, 2.24) is 0 Å². The van der Waals surface area contributed by atoms with Gasteiger partial charge in [0.2, 0.25) is 0 Å². The Bertz CT molecular complexity index is 1400. The van der Waals surface area contributed by atoms with Gasteiger partial charge < -0.3 is 14.6 Å². The number of carbonyl (C=O) groups excluding carboxylic acids is 2. The highest BCUT2D eigenvalue weighted by Crippen LogP contribution is 2.44. The minimum atomic E-state index is -4.66. The summed E-state index contributed by atoms with van der Waals surface area (Å²) in [5, 5.41) is 10.8. The molecule has 9 heteroatoms. The van der Waals surface area contributed by atoms with Gasteiger partial charge >= 0.3 is 6.18 Å². The fourth-order valence-corrected chi connectivity index (χ4v) is 4.12. The van der Waals surface area contributed by atoms with Crippen molar-refractivity contribution in [2.45, 2.75) is 12.2 Å². The highest BCUT2D eigenvalue weighted by atomic mass is 19.4. The average molecular weight is 509 g/mol. The smallest absolute Gasteiger partial charge is 0.416 e. The van der Waals surface area contributed by atoms with E-state index in [1.807, 2.05) is 6.07 Å². The monoisotopic (exact) mass is 509 g/mol. The summed E-state index contributed by atoms with van der Waals surface area (Å²) in [4.78, 5) is 27.5. The molecule has 6 nitrogen and oxygen atoms in total. The number of anilines is 1. The van der Waals surface area contributed by atoms with Gasteiger partial charge in [-0.2, -0.15) is 13.2 Å². The number of ketones is 1. The first-order chi connectivity index (χ1) is 17.7. The Morgan fingerprint density at radius 2 is 1.65 bits per heavy atom. The topological polar surface area (TPSA) is 76.1 Å². The summed E-state index contributed by atoms with van der Waals surface area (Å²) >= 11 is 0. The Morgan fingerprint density at radius 1 is 0.946 bits per heavy atom. The number of alkyl halides is 3. The van der Waals surface area contributed by atoms with Crippen molar-refractivity contribution in [3.05, 3.63) is 107 Å². The van der Waals surface area contributed by atoms with Crippen LogP contribution >= 0.6 is 0 Å². The zero-order valence-corrected chi connectivity index (χ0v) is 19.8. The lowest BCUT2D eigenvalue weighted by Crippen LogP contribution is -2.31. The number of methoxy groups -OCH3 is 2. The molecule has 1 aliphatic rings. The highest BCUT2D eigenvalue weighted by molar-refractivity contribution is 6.19. The zero-order chi connectivity index (χ0) is 26.7. The Morgan fingerprint density at radius 3 is 2.30 bits per heavy atom. The molecule has 1 aliphatic heterocycles. The predicted molar refractivity (Wildman–Crippen MR) is 131 cm³/mol. The van der Waals surface area contributed by atoms with E-state index in [4.69, 9.17) is 9.47 Å². The first-order valence-corrected chi connectivity index (χ1v) is 11.1. The van der Waals surface area contributed by atoms with Crippen LogP contribution in [0.2, 0.25) is 0 Å². The number of aliphatic hydroxyl groups excluding tert-OH is 1. The number of allylic oxidation sites excluding steroid dienone is 1. The number of carbonyl (C=O) groups is 2. The van der Waals surface area contributed by atoms with Gasteiger partial charge in [0.05, 0.1) is 31.4 Å². The molecule has 3 aromatic carbocycles. The van der Waals surface area contributed by atoms with Gasteiger partial charge in [-0.15, -0.1) is 0 Å². The summed E-state index contributed by atoms with van der Waals surface area (Å²) in [6.07, 6.45) is -1.94. The van der Waals surface area contributed by atoms with E-state index in [1.54, 1.807) is 36.4 Å². The van der Waals surface area contributed by atoms with Gasteiger partial charge in [0.15, 0.2) is 23.0 Å². The van der Waals surface area contributed by atoms with Gasteiger partial charge in [-0.25, -0.2) is 0 Å². The SMILES string of the molecule is COc1ccc([C@@H]2C(C(=O)/C=C/c3ccccc3)=C(O)C(=O)N2c2cccc(C(F)(F)F)c2)cc1OC. The minimum absolute atomic E-state index is 0.138. The van der Waals surface area contributed by atoms with E-state index in [2.05, 4.69) is 0 Å². The third-order valence-corrected chi connectivity index (χ3v) is 5.88. The molecule has 1 N–H and O–H groups in total. The third kappa shape index (κ3) is 5.06. The second-order valence-corrected chi connectivity index (χ2v) is 8.11. The van der Waals surface area contributed by atoms with Crippen LogP contribution in [-0.2, 0) is 15.8 Å². The zero-order valence-electron chi connectivity index (χ0n) is 19.8. The minimum Gasteiger partial charge on any atom is -0.503 e. The normalized spacial score (nSPS) is 16.0. The van der Waals surface area contributed by atoms with E-state index >= 15 is 0 Å². The first-order valence-electron chi connectivity index (χ1n) is 11.1. The van der Waals surface area contributed by atoms with Crippen molar-refractivity contribution in [2.75, 3.05) is 19.1 Å². The molecule has 0 aliphatic carbocycles. The molecule has 1 atom stereocenters. The maximum Gasteiger partial charge on any atom is 0.416 e. The summed E-state index contributed by atoms with van der Waals surface area (Å²) in [5.41, 5.74) is -0.364. The lowest BCUT2D eigenvalue weighted by atomic mass is 9.94. The molecule has 0 saturated heterocycles. The molecule has 0 spiro atoms. The number of aliphatic hydroxyl groups is 1. The van der Waals surface area contributed by atoms with Crippen LogP contribution in [0, 0.1) is 0 Å². The molecule has 0 aromatic heterocycles. The second-order valence-electron chi connectivity index (χ2n) is 8.11. The molecule has 190 valence electrons. The van der Waals surface area contributed by atoms with E-state index in [0.717, 1.165) is 23.1 Å². The van der Waals surface area contributed by atoms with Crippen LogP contribution in [0.3, 0.4) is 0 Å². The van der Waals surface area contributed by atoms with Gasteiger partial charge in [-0.1, -0.05) is 48.5 Å². The molecule has 0 bridgehead atoms. The molecule has 3 aromatic rings. The third-order valence-electron chi connectivity index (χ3n) is 5.88. The van der Waals surface area contributed by atoms with E-state index < -0.39 is 35.2 Å². The molecule has 0 unspecified atom stereocenters. The molecule has 0 fully saturated rings. The van der Waals surface area contributed by atoms with Gasteiger partial charge in [-0.05, 0) is 47.5 Å². The summed E-state index contributed by atoms with van der Waals surface area (Å²) in [7, 11) is 2.83. The lowest BCUT2D eigenvalue weighted by molar-refractivity contribution is -0.137. The number of amides is 1. The van der Waals surface area contributed by atoms with Crippen molar-refractivity contribution >= 4 is 23.5 Å². The van der Waals surface area contributed by atoms with Crippen LogP contribution in [0.15, 0.2) is 90.2 Å². The summed E-state index contributed by atoms with van der Waals surface area (Å²) < 4.78 is 50.9. The van der Waals surface area contributed by atoms with E-state index in [9.17, 15) is 27.9 Å². The van der Waals surface area contributed by atoms with Crippen LogP contribution in [0.5, 0.6) is 11.5 Å². The van der Waals surface area contributed by atoms with Crippen LogP contribution in [-0.4, -0.2) is 31.0 Å². The summed E-state index contributed by atoms with van der Waals surface area (Å²) in [5.74, 6) is -1.89. The number of ether oxygens (including phenoxy) is 2. The number of nitrogens with zero attached hydrogens (tertiary/aromatic N) is 1. The Hall–Kier alpha value is -4.53. The van der Waals surface area contributed by atoms with Gasteiger partial charge in [0.1, 0.15) is 0 Å². The number of halogens is 3. The Balaban J connectivity index is 1.85. The standard InChI is InChI=1S/C28H22F3NO5/c1-36-22-14-12-18(15-23(22)37-2)25-24(21(33)13-11-17-7-4-3-5-8-17)26(34)27(35)32(25)20-10-6-9-19(16-20)28(29,30)31/h3-16,25,34H,1-2H3/b13-11+/t25-/m1/s1. The Kier molecular flexibility index (Phi) is 7.06. The van der Waals surface area contributed by atoms with Crippen LogP contribution < -0.4 is 14.4 Å². The molecule has 1 amide bonds. The van der Waals surface area contributed by atoms with Crippen LogP contribution in [0.25, 0.3) is 6.08 Å². The van der Waals surface area contributed by atoms with Crippen molar-refractivity contribution < 1.29 is 37.3 Å². The van der Waals surface area contributed by atoms with Crippen molar-refractivity contribution in [2.24, 2.45) is 0 Å². The van der Waals surface area contributed by atoms with Crippen LogP contribution in [0.1, 0.15) is 22.7 Å². The maximum atomic E-state index is 13.4. The number of benzene rings is 3. The highest BCUT2D eigenvalue weighted by Gasteiger charge is 2.44. The van der Waals surface area contributed by atoms with Crippen LogP contribution in [0.4, 0.5) is 18.9 Å². The Labute approximate surface area is 210 Å². The molecular formula is C28H22F3NO5. The number of hydrogen-bond donors (Lipinski definition) is 1. The van der Waals surface area contributed by atoms with Gasteiger partial charge in [-0.3, -0.25) is 14.5 Å². The van der Waals surface area contributed by atoms with Crippen molar-refractivity contribution in [3.63, 3.8) is 0 Å². The summed E-state index contributed by atoms with van der Waals surface area (Å²) in [6, 6.07) is 16.4. The molecule has 37 heavy (non-hydrogen) atoms.